The van der Waals surface area contributed by atoms with Crippen LogP contribution in [-0.2, 0) is 0 Å². The molecular formula is C52H33NOS. The van der Waals surface area contributed by atoms with Crippen LogP contribution in [0.3, 0.4) is 0 Å². The smallest absolute Gasteiger partial charge is 0.135 e. The molecule has 0 saturated heterocycles. The monoisotopic (exact) mass is 719 g/mol. The molecule has 258 valence electrons. The quantitative estimate of drug-likeness (QED) is 0.170. The molecule has 0 saturated carbocycles. The van der Waals surface area contributed by atoms with Gasteiger partial charge < -0.3 is 9.32 Å². The molecule has 0 radical (unpaired) electrons. The topological polar surface area (TPSA) is 16.4 Å². The van der Waals surface area contributed by atoms with Gasteiger partial charge in [0.2, 0.25) is 0 Å². The van der Waals surface area contributed by atoms with E-state index in [1.54, 1.807) is 0 Å². The van der Waals surface area contributed by atoms with Crippen LogP contribution in [0.1, 0.15) is 0 Å². The Morgan fingerprint density at radius 2 is 0.927 bits per heavy atom. The van der Waals surface area contributed by atoms with E-state index in [4.69, 9.17) is 4.42 Å². The average molecular weight is 720 g/mol. The number of thiophene rings is 1. The van der Waals surface area contributed by atoms with E-state index in [-0.39, 0.29) is 0 Å². The minimum absolute atomic E-state index is 0.894. The molecule has 0 spiro atoms. The summed E-state index contributed by atoms with van der Waals surface area (Å²) in [5.74, 6) is 0. The molecule has 11 aromatic rings. The second kappa shape index (κ2) is 12.9. The molecule has 0 atom stereocenters. The first-order chi connectivity index (χ1) is 27.2. The molecule has 2 nitrogen and oxygen atoms in total. The predicted octanol–water partition coefficient (Wildman–Crippen LogP) is 15.6. The molecule has 0 unspecified atom stereocenters. The predicted molar refractivity (Wildman–Crippen MR) is 235 cm³/mol. The number of benzene rings is 9. The maximum atomic E-state index is 6.23. The summed E-state index contributed by atoms with van der Waals surface area (Å²) < 4.78 is 8.87. The Bertz CT molecular complexity index is 3220. The van der Waals surface area contributed by atoms with Crippen LogP contribution in [0.5, 0.6) is 0 Å². The van der Waals surface area contributed by atoms with Gasteiger partial charge in [0.25, 0.3) is 0 Å². The molecule has 0 fully saturated rings. The summed E-state index contributed by atoms with van der Waals surface area (Å²) in [5, 5.41) is 7.34. The van der Waals surface area contributed by atoms with Crippen molar-refractivity contribution in [2.24, 2.45) is 0 Å². The summed E-state index contributed by atoms with van der Waals surface area (Å²) in [7, 11) is 0. The van der Waals surface area contributed by atoms with Gasteiger partial charge in [0.05, 0.1) is 11.4 Å². The third-order valence-corrected chi connectivity index (χ3v) is 12.0. The first-order valence-electron chi connectivity index (χ1n) is 18.7. The van der Waals surface area contributed by atoms with Crippen molar-refractivity contribution in [2.45, 2.75) is 0 Å². The summed E-state index contributed by atoms with van der Waals surface area (Å²) in [6.45, 7) is 0. The number of nitrogens with zero attached hydrogens (tertiary/aromatic N) is 1. The minimum atomic E-state index is 0.894. The Morgan fingerprint density at radius 3 is 1.75 bits per heavy atom. The van der Waals surface area contributed by atoms with Crippen LogP contribution in [0.4, 0.5) is 17.1 Å². The lowest BCUT2D eigenvalue weighted by atomic mass is 9.96. The zero-order valence-electron chi connectivity index (χ0n) is 29.8. The Morgan fingerprint density at radius 1 is 0.345 bits per heavy atom. The largest absolute Gasteiger partial charge is 0.456 e. The summed E-state index contributed by atoms with van der Waals surface area (Å²) in [6.07, 6.45) is 0. The van der Waals surface area contributed by atoms with Crippen LogP contribution in [0.25, 0.3) is 86.3 Å². The van der Waals surface area contributed by atoms with Crippen molar-refractivity contribution in [2.75, 3.05) is 4.90 Å². The molecule has 3 heteroatoms. The van der Waals surface area contributed by atoms with Gasteiger partial charge in [0, 0.05) is 47.8 Å². The fourth-order valence-corrected chi connectivity index (χ4v) is 9.34. The zero-order valence-corrected chi connectivity index (χ0v) is 30.6. The van der Waals surface area contributed by atoms with E-state index in [0.717, 1.165) is 50.1 Å². The summed E-state index contributed by atoms with van der Waals surface area (Å²) in [5.41, 5.74) is 12.1. The van der Waals surface area contributed by atoms with Gasteiger partial charge >= 0.3 is 0 Å². The highest BCUT2D eigenvalue weighted by Crippen LogP contribution is 2.46. The van der Waals surface area contributed by atoms with Crippen LogP contribution in [-0.4, -0.2) is 0 Å². The zero-order chi connectivity index (χ0) is 36.3. The SMILES string of the molecule is c1ccc(N(c2ccc(-c3ccc4c(c3)sc3ccccc34)cc2)c2ccccc2-c2ccc3oc4ccccc4c3c2)c(-c2ccc3ccccc3c2)c1. The van der Waals surface area contributed by atoms with Gasteiger partial charge in [-0.05, 0) is 93.7 Å². The van der Waals surface area contributed by atoms with E-state index in [2.05, 4.69) is 193 Å². The number of furan rings is 1. The first kappa shape index (κ1) is 31.6. The van der Waals surface area contributed by atoms with Gasteiger partial charge in [-0.25, -0.2) is 0 Å². The summed E-state index contributed by atoms with van der Waals surface area (Å²) >= 11 is 1.86. The number of hydrogen-bond donors (Lipinski definition) is 0. The molecule has 11 rings (SSSR count). The van der Waals surface area contributed by atoms with E-state index in [1.165, 1.54) is 53.2 Å². The van der Waals surface area contributed by atoms with Gasteiger partial charge in [-0.1, -0.05) is 140 Å². The Balaban J connectivity index is 1.08. The van der Waals surface area contributed by atoms with Crippen molar-refractivity contribution >= 4 is 81.3 Å². The Kier molecular flexibility index (Phi) is 7.39. The lowest BCUT2D eigenvalue weighted by Gasteiger charge is -2.30. The second-order valence-corrected chi connectivity index (χ2v) is 15.2. The lowest BCUT2D eigenvalue weighted by Crippen LogP contribution is -2.12. The Labute approximate surface area is 322 Å². The van der Waals surface area contributed by atoms with E-state index in [9.17, 15) is 0 Å². The normalized spacial score (nSPS) is 11.6. The van der Waals surface area contributed by atoms with Crippen LogP contribution < -0.4 is 4.90 Å². The van der Waals surface area contributed by atoms with Crippen molar-refractivity contribution in [3.63, 3.8) is 0 Å². The summed E-state index contributed by atoms with van der Waals surface area (Å²) in [4.78, 5) is 2.43. The van der Waals surface area contributed by atoms with Crippen molar-refractivity contribution in [1.29, 1.82) is 0 Å². The first-order valence-corrected chi connectivity index (χ1v) is 19.5. The van der Waals surface area contributed by atoms with Crippen molar-refractivity contribution in [3.05, 3.63) is 200 Å². The molecule has 9 aromatic carbocycles. The lowest BCUT2D eigenvalue weighted by molar-refractivity contribution is 0.669. The van der Waals surface area contributed by atoms with E-state index in [0.29, 0.717) is 0 Å². The van der Waals surface area contributed by atoms with Crippen molar-refractivity contribution in [1.82, 2.24) is 0 Å². The third kappa shape index (κ3) is 5.40. The molecule has 2 aromatic heterocycles. The number of anilines is 3. The van der Waals surface area contributed by atoms with Crippen LogP contribution in [0, 0.1) is 0 Å². The van der Waals surface area contributed by atoms with Crippen molar-refractivity contribution in [3.8, 4) is 33.4 Å². The minimum Gasteiger partial charge on any atom is -0.456 e. The molecule has 0 aliphatic carbocycles. The van der Waals surface area contributed by atoms with E-state index in [1.807, 2.05) is 23.5 Å². The van der Waals surface area contributed by atoms with Crippen molar-refractivity contribution < 1.29 is 4.42 Å². The van der Waals surface area contributed by atoms with Gasteiger partial charge in [0.1, 0.15) is 11.2 Å². The Hall–Kier alpha value is -6.94. The maximum absolute atomic E-state index is 6.23. The maximum Gasteiger partial charge on any atom is 0.135 e. The number of fused-ring (bicyclic) bond motifs is 7. The van der Waals surface area contributed by atoms with Gasteiger partial charge in [-0.3, -0.25) is 0 Å². The highest BCUT2D eigenvalue weighted by atomic mass is 32.1. The van der Waals surface area contributed by atoms with Crippen LogP contribution >= 0.6 is 11.3 Å². The van der Waals surface area contributed by atoms with Crippen LogP contribution in [0.2, 0.25) is 0 Å². The fourth-order valence-electron chi connectivity index (χ4n) is 8.19. The van der Waals surface area contributed by atoms with Gasteiger partial charge in [-0.2, -0.15) is 0 Å². The molecule has 55 heavy (non-hydrogen) atoms. The molecule has 0 aliphatic heterocycles. The molecule has 0 bridgehead atoms. The number of hydrogen-bond acceptors (Lipinski definition) is 3. The molecule has 0 amide bonds. The third-order valence-electron chi connectivity index (χ3n) is 10.9. The van der Waals surface area contributed by atoms with Gasteiger partial charge in [0.15, 0.2) is 0 Å². The summed E-state index contributed by atoms with van der Waals surface area (Å²) in [6, 6.07) is 72.4. The average Bonchev–Trinajstić information content (AvgIpc) is 3.82. The highest BCUT2D eigenvalue weighted by molar-refractivity contribution is 7.25. The molecule has 2 heterocycles. The number of rotatable bonds is 6. The molecular weight excluding hydrogens is 687 g/mol. The molecule has 0 N–H and O–H groups in total. The second-order valence-electron chi connectivity index (χ2n) is 14.1. The molecule has 0 aliphatic rings. The fraction of sp³-hybridized carbons (Fsp3) is 0. The standard InChI is InChI=1S/C52H33NOS/c1-2-12-36-31-38(22-21-34(36)11-1)41-13-3-7-17-47(41)53(40-27-23-35(24-28-40)37-25-29-45-44-16-6-10-20-51(44)55-52(45)33-37)48-18-8-4-14-42(48)39-26-30-50-46(32-39)43-15-5-9-19-49(43)54-50/h1-33H. The number of para-hydroxylation sites is 3. The van der Waals surface area contributed by atoms with Crippen LogP contribution in [0.15, 0.2) is 205 Å². The van der Waals surface area contributed by atoms with Gasteiger partial charge in [-0.15, -0.1) is 11.3 Å². The highest BCUT2D eigenvalue weighted by Gasteiger charge is 2.21. The van der Waals surface area contributed by atoms with E-state index >= 15 is 0 Å². The van der Waals surface area contributed by atoms with E-state index < -0.39 is 0 Å².